The van der Waals surface area contributed by atoms with E-state index in [2.05, 4.69) is 11.8 Å². The Morgan fingerprint density at radius 2 is 1.70 bits per heavy atom. The Morgan fingerprint density at radius 3 is 2.30 bits per heavy atom. The van der Waals surface area contributed by atoms with E-state index in [-0.39, 0.29) is 10.6 Å². The number of aromatic hydroxyl groups is 1. The largest absolute Gasteiger partial charge is 0.508 e. The van der Waals surface area contributed by atoms with Gasteiger partial charge in [0.1, 0.15) is 5.75 Å². The number of phenols is 1. The van der Waals surface area contributed by atoms with Crippen LogP contribution in [0.4, 0.5) is 0 Å². The molecule has 2 saturated heterocycles. The van der Waals surface area contributed by atoms with E-state index >= 15 is 0 Å². The van der Waals surface area contributed by atoms with E-state index < -0.39 is 10.0 Å². The van der Waals surface area contributed by atoms with Gasteiger partial charge in [0.25, 0.3) is 0 Å². The minimum Gasteiger partial charge on any atom is -0.508 e. The predicted molar refractivity (Wildman–Crippen MR) is 89.9 cm³/mol. The number of piperidine rings is 2. The van der Waals surface area contributed by atoms with Crippen LogP contribution in [0.1, 0.15) is 32.6 Å². The second-order valence-corrected chi connectivity index (χ2v) is 8.81. The van der Waals surface area contributed by atoms with E-state index in [1.54, 1.807) is 4.31 Å². The van der Waals surface area contributed by atoms with Gasteiger partial charge in [-0.15, -0.1) is 0 Å². The summed E-state index contributed by atoms with van der Waals surface area (Å²) < 4.78 is 26.9. The second kappa shape index (κ2) is 6.79. The van der Waals surface area contributed by atoms with Crippen molar-refractivity contribution in [2.45, 2.75) is 43.5 Å². The highest BCUT2D eigenvalue weighted by molar-refractivity contribution is 7.89. The van der Waals surface area contributed by atoms with Crippen molar-refractivity contribution in [2.75, 3.05) is 26.2 Å². The van der Waals surface area contributed by atoms with E-state index in [4.69, 9.17) is 0 Å². The summed E-state index contributed by atoms with van der Waals surface area (Å²) in [7, 11) is -3.44. The molecular formula is C17H26N2O3S. The van der Waals surface area contributed by atoms with Crippen LogP contribution in [0.3, 0.4) is 0 Å². The highest BCUT2D eigenvalue weighted by Crippen LogP contribution is 2.27. The van der Waals surface area contributed by atoms with Gasteiger partial charge in [-0.05, 0) is 62.4 Å². The molecule has 0 radical (unpaired) electrons. The molecule has 0 aromatic heterocycles. The van der Waals surface area contributed by atoms with Gasteiger partial charge in [-0.3, -0.25) is 0 Å². The monoisotopic (exact) mass is 338 g/mol. The zero-order chi connectivity index (χ0) is 16.4. The minimum absolute atomic E-state index is 0.0851. The highest BCUT2D eigenvalue weighted by atomic mass is 32.2. The van der Waals surface area contributed by atoms with Crippen LogP contribution in [-0.4, -0.2) is 55.0 Å². The van der Waals surface area contributed by atoms with Crippen molar-refractivity contribution < 1.29 is 13.5 Å². The standard InChI is InChI=1S/C17H26N2O3S/c1-14-3-2-10-18(13-14)15-8-11-19(12-9-15)23(21,22)17-6-4-16(20)5-7-17/h4-7,14-15,20H,2-3,8-13H2,1H3. The zero-order valence-electron chi connectivity index (χ0n) is 13.7. The fourth-order valence-electron chi connectivity index (χ4n) is 3.77. The summed E-state index contributed by atoms with van der Waals surface area (Å²) in [5, 5.41) is 9.32. The molecule has 23 heavy (non-hydrogen) atoms. The molecule has 6 heteroatoms. The van der Waals surface area contributed by atoms with Crippen LogP contribution in [0, 0.1) is 5.92 Å². The third-order valence-electron chi connectivity index (χ3n) is 5.10. The van der Waals surface area contributed by atoms with Crippen molar-refractivity contribution in [1.82, 2.24) is 9.21 Å². The maximum Gasteiger partial charge on any atom is 0.243 e. The van der Waals surface area contributed by atoms with Gasteiger partial charge in [0.05, 0.1) is 4.90 Å². The van der Waals surface area contributed by atoms with Gasteiger partial charge >= 0.3 is 0 Å². The van der Waals surface area contributed by atoms with Gasteiger partial charge < -0.3 is 10.0 Å². The lowest BCUT2D eigenvalue weighted by atomic mass is 9.96. The van der Waals surface area contributed by atoms with Crippen LogP contribution in [-0.2, 0) is 10.0 Å². The molecular weight excluding hydrogens is 312 g/mol. The fourth-order valence-corrected chi connectivity index (χ4v) is 5.24. The average molecular weight is 338 g/mol. The molecule has 128 valence electrons. The summed E-state index contributed by atoms with van der Waals surface area (Å²) in [6, 6.07) is 6.32. The van der Waals surface area contributed by atoms with Crippen LogP contribution < -0.4 is 0 Å². The van der Waals surface area contributed by atoms with Gasteiger partial charge in [0.2, 0.25) is 10.0 Å². The number of benzene rings is 1. The molecule has 0 amide bonds. The lowest BCUT2D eigenvalue weighted by molar-refractivity contribution is 0.0944. The predicted octanol–water partition coefficient (Wildman–Crippen LogP) is 2.28. The molecule has 2 fully saturated rings. The van der Waals surface area contributed by atoms with Crippen LogP contribution in [0.2, 0.25) is 0 Å². The first-order chi connectivity index (χ1) is 11.0. The quantitative estimate of drug-likeness (QED) is 0.918. The third kappa shape index (κ3) is 3.70. The SMILES string of the molecule is CC1CCCN(C2CCN(S(=O)(=O)c3ccc(O)cc3)CC2)C1. The first kappa shape index (κ1) is 16.7. The van der Waals surface area contributed by atoms with E-state index in [1.165, 1.54) is 37.1 Å². The number of likely N-dealkylation sites (tertiary alicyclic amines) is 1. The van der Waals surface area contributed by atoms with E-state index in [9.17, 15) is 13.5 Å². The number of hydrogen-bond acceptors (Lipinski definition) is 4. The van der Waals surface area contributed by atoms with Crippen molar-refractivity contribution in [3.05, 3.63) is 24.3 Å². The van der Waals surface area contributed by atoms with Gasteiger partial charge in [-0.2, -0.15) is 4.31 Å². The topological polar surface area (TPSA) is 60.9 Å². The first-order valence-electron chi connectivity index (χ1n) is 8.50. The molecule has 1 unspecified atom stereocenters. The summed E-state index contributed by atoms with van der Waals surface area (Å²) in [5.41, 5.74) is 0. The Labute approximate surface area is 139 Å². The van der Waals surface area contributed by atoms with E-state index in [0.717, 1.165) is 31.8 Å². The summed E-state index contributed by atoms with van der Waals surface area (Å²) in [6.07, 6.45) is 4.38. The van der Waals surface area contributed by atoms with Gasteiger partial charge in [0.15, 0.2) is 0 Å². The zero-order valence-corrected chi connectivity index (χ0v) is 14.5. The lowest BCUT2D eigenvalue weighted by Gasteiger charge is -2.41. The average Bonchev–Trinajstić information content (AvgIpc) is 2.55. The highest BCUT2D eigenvalue weighted by Gasteiger charge is 2.32. The van der Waals surface area contributed by atoms with Crippen molar-refractivity contribution in [2.24, 2.45) is 5.92 Å². The molecule has 2 aliphatic heterocycles. The fraction of sp³-hybridized carbons (Fsp3) is 0.647. The number of sulfonamides is 1. The van der Waals surface area contributed by atoms with Gasteiger partial charge in [-0.1, -0.05) is 6.92 Å². The summed E-state index contributed by atoms with van der Waals surface area (Å²) >= 11 is 0. The summed E-state index contributed by atoms with van der Waals surface area (Å²) in [5.74, 6) is 0.837. The number of rotatable bonds is 3. The van der Waals surface area contributed by atoms with Crippen LogP contribution >= 0.6 is 0 Å². The molecule has 3 rings (SSSR count). The summed E-state index contributed by atoms with van der Waals surface area (Å²) in [6.45, 7) is 5.77. The molecule has 1 atom stereocenters. The molecule has 5 nitrogen and oxygen atoms in total. The molecule has 0 bridgehead atoms. The van der Waals surface area contributed by atoms with Crippen molar-refractivity contribution in [3.8, 4) is 5.75 Å². The van der Waals surface area contributed by atoms with Crippen LogP contribution in [0.15, 0.2) is 29.2 Å². The van der Waals surface area contributed by atoms with E-state index in [0.29, 0.717) is 19.1 Å². The lowest BCUT2D eigenvalue weighted by Crippen LogP contribution is -2.49. The number of hydrogen-bond donors (Lipinski definition) is 1. The normalized spacial score (nSPS) is 25.5. The Morgan fingerprint density at radius 1 is 1.04 bits per heavy atom. The molecule has 1 N–H and O–H groups in total. The molecule has 0 saturated carbocycles. The van der Waals surface area contributed by atoms with Crippen molar-refractivity contribution in [1.29, 1.82) is 0 Å². The number of phenolic OH excluding ortho intramolecular Hbond substituents is 1. The maximum atomic E-state index is 12.7. The van der Waals surface area contributed by atoms with Crippen molar-refractivity contribution in [3.63, 3.8) is 0 Å². The Hall–Kier alpha value is -1.11. The third-order valence-corrected chi connectivity index (χ3v) is 7.02. The van der Waals surface area contributed by atoms with E-state index in [1.807, 2.05) is 0 Å². The number of nitrogens with zero attached hydrogens (tertiary/aromatic N) is 2. The summed E-state index contributed by atoms with van der Waals surface area (Å²) in [4.78, 5) is 2.82. The smallest absolute Gasteiger partial charge is 0.243 e. The molecule has 2 aliphatic rings. The van der Waals surface area contributed by atoms with Gasteiger partial charge in [-0.25, -0.2) is 8.42 Å². The molecule has 1 aromatic rings. The van der Waals surface area contributed by atoms with Gasteiger partial charge in [0, 0.05) is 25.7 Å². The molecule has 0 aliphatic carbocycles. The molecule has 0 spiro atoms. The minimum atomic E-state index is -3.44. The Kier molecular flexibility index (Phi) is 4.94. The van der Waals surface area contributed by atoms with Crippen LogP contribution in [0.25, 0.3) is 0 Å². The molecule has 2 heterocycles. The maximum absolute atomic E-state index is 12.7. The van der Waals surface area contributed by atoms with Crippen molar-refractivity contribution >= 4 is 10.0 Å². The Bertz CT molecular complexity index is 622. The van der Waals surface area contributed by atoms with Crippen LogP contribution in [0.5, 0.6) is 5.75 Å². The molecule has 1 aromatic carbocycles. The second-order valence-electron chi connectivity index (χ2n) is 6.87. The first-order valence-corrected chi connectivity index (χ1v) is 9.94. The Balaban J connectivity index is 1.63.